The molecule has 1 heterocycles. The van der Waals surface area contributed by atoms with Crippen molar-refractivity contribution in [2.75, 3.05) is 0 Å². The molecular formula is C11H10N4O. The molecule has 5 heteroatoms. The van der Waals surface area contributed by atoms with Crippen LogP contribution in [0.1, 0.15) is 5.56 Å². The number of hydrogen-bond acceptors (Lipinski definition) is 2. The van der Waals surface area contributed by atoms with Crippen molar-refractivity contribution in [2.45, 2.75) is 12.1 Å². The van der Waals surface area contributed by atoms with E-state index in [4.69, 9.17) is 5.53 Å². The normalized spacial score (nSPS) is 23.4. The van der Waals surface area contributed by atoms with Crippen LogP contribution >= 0.6 is 0 Å². The molecule has 1 aliphatic heterocycles. The smallest absolute Gasteiger partial charge is 0.231 e. The maximum Gasteiger partial charge on any atom is 0.231 e. The van der Waals surface area contributed by atoms with Gasteiger partial charge in [-0.15, -0.1) is 0 Å². The molecule has 1 aromatic rings. The summed E-state index contributed by atoms with van der Waals surface area (Å²) in [6.07, 6.45) is 3.72. The summed E-state index contributed by atoms with van der Waals surface area (Å²) in [4.78, 5) is 13.7. The Kier molecular flexibility index (Phi) is 2.89. The molecule has 0 aromatic heterocycles. The van der Waals surface area contributed by atoms with Gasteiger partial charge >= 0.3 is 0 Å². The lowest BCUT2D eigenvalue weighted by Gasteiger charge is -2.31. The molecule has 2 atom stereocenters. The Bertz CT molecular complexity index is 460. The number of β-lactam (4-membered cyclic amide) rings is 1. The maximum atomic E-state index is 11.0. The number of amides is 1. The average Bonchev–Trinajstić information content (AvgIpc) is 2.32. The minimum atomic E-state index is -0.607. The van der Waals surface area contributed by atoms with Crippen LogP contribution in [0.25, 0.3) is 16.5 Å². The largest absolute Gasteiger partial charge is 0.349 e. The maximum absolute atomic E-state index is 11.0. The van der Waals surface area contributed by atoms with Gasteiger partial charge < -0.3 is 5.32 Å². The molecule has 2 unspecified atom stereocenters. The van der Waals surface area contributed by atoms with E-state index in [1.54, 1.807) is 0 Å². The molecule has 1 aliphatic rings. The van der Waals surface area contributed by atoms with E-state index in [0.29, 0.717) is 0 Å². The zero-order chi connectivity index (χ0) is 11.4. The number of hydrogen-bond donors (Lipinski definition) is 1. The molecule has 0 saturated carbocycles. The summed E-state index contributed by atoms with van der Waals surface area (Å²) in [6, 6.07) is 8.92. The lowest BCUT2D eigenvalue weighted by atomic mass is 9.99. The van der Waals surface area contributed by atoms with Crippen LogP contribution in [0.4, 0.5) is 0 Å². The van der Waals surface area contributed by atoms with Crippen LogP contribution in [-0.2, 0) is 4.79 Å². The van der Waals surface area contributed by atoms with E-state index in [0.717, 1.165) is 5.56 Å². The molecule has 2 rings (SSSR count). The number of carbonyl (C=O) groups is 1. The van der Waals surface area contributed by atoms with Gasteiger partial charge in [0.05, 0.1) is 6.04 Å². The Morgan fingerprint density at radius 1 is 1.38 bits per heavy atom. The van der Waals surface area contributed by atoms with Gasteiger partial charge in [-0.2, -0.15) is 0 Å². The molecule has 80 valence electrons. The lowest BCUT2D eigenvalue weighted by molar-refractivity contribution is -0.129. The Hall–Kier alpha value is -2.26. The Balaban J connectivity index is 2.03. The highest BCUT2D eigenvalue weighted by molar-refractivity contribution is 5.90. The van der Waals surface area contributed by atoms with Crippen LogP contribution in [0.15, 0.2) is 41.5 Å². The summed E-state index contributed by atoms with van der Waals surface area (Å²) in [6.45, 7) is 0. The van der Waals surface area contributed by atoms with Gasteiger partial charge in [0.25, 0.3) is 0 Å². The quantitative estimate of drug-likeness (QED) is 0.354. The number of benzene rings is 1. The van der Waals surface area contributed by atoms with Gasteiger partial charge in [-0.1, -0.05) is 47.6 Å². The van der Waals surface area contributed by atoms with Gasteiger partial charge in [0.1, 0.15) is 6.04 Å². The molecule has 0 radical (unpaired) electrons. The minimum absolute atomic E-state index is 0.191. The molecule has 1 saturated heterocycles. The summed E-state index contributed by atoms with van der Waals surface area (Å²) in [5.74, 6) is -0.222. The number of rotatable bonds is 3. The van der Waals surface area contributed by atoms with Gasteiger partial charge in [-0.05, 0) is 11.1 Å². The Labute approximate surface area is 92.4 Å². The third kappa shape index (κ3) is 2.04. The monoisotopic (exact) mass is 214 g/mol. The van der Waals surface area contributed by atoms with Crippen molar-refractivity contribution >= 4 is 12.0 Å². The molecule has 1 fully saturated rings. The topological polar surface area (TPSA) is 77.9 Å². The van der Waals surface area contributed by atoms with E-state index >= 15 is 0 Å². The molecule has 16 heavy (non-hydrogen) atoms. The van der Waals surface area contributed by atoms with Gasteiger partial charge in [-0.25, -0.2) is 0 Å². The second-order valence-electron chi connectivity index (χ2n) is 3.45. The van der Waals surface area contributed by atoms with E-state index in [-0.39, 0.29) is 11.9 Å². The summed E-state index contributed by atoms with van der Waals surface area (Å²) < 4.78 is 0. The van der Waals surface area contributed by atoms with Crippen molar-refractivity contribution < 1.29 is 4.79 Å². The highest BCUT2D eigenvalue weighted by Crippen LogP contribution is 2.14. The molecule has 0 bridgehead atoms. The fourth-order valence-corrected chi connectivity index (χ4v) is 1.51. The Morgan fingerprint density at radius 2 is 2.12 bits per heavy atom. The zero-order valence-corrected chi connectivity index (χ0v) is 8.45. The molecule has 1 aromatic carbocycles. The van der Waals surface area contributed by atoms with E-state index in [1.165, 1.54) is 0 Å². The van der Waals surface area contributed by atoms with Gasteiger partial charge in [0, 0.05) is 4.91 Å². The third-order valence-electron chi connectivity index (χ3n) is 2.39. The van der Waals surface area contributed by atoms with E-state index < -0.39 is 6.04 Å². The van der Waals surface area contributed by atoms with Crippen molar-refractivity contribution in [2.24, 2.45) is 5.11 Å². The second-order valence-corrected chi connectivity index (χ2v) is 3.45. The average molecular weight is 214 g/mol. The SMILES string of the molecule is [N-]=[N+]=NC1C(=O)NC1C=Cc1ccccc1. The standard InChI is InChI=1S/C11H10N4O/c12-15-14-10-9(13-11(10)16)7-6-8-4-2-1-3-5-8/h1-7,9-10H,(H,13,16). The summed E-state index contributed by atoms with van der Waals surface area (Å²) in [5, 5.41) is 6.08. The molecule has 1 amide bonds. The van der Waals surface area contributed by atoms with Crippen LogP contribution < -0.4 is 5.32 Å². The zero-order valence-electron chi connectivity index (χ0n) is 8.45. The minimum Gasteiger partial charge on any atom is -0.349 e. The number of nitrogens with one attached hydrogen (secondary N) is 1. The fraction of sp³-hybridized carbons (Fsp3) is 0.182. The summed E-state index contributed by atoms with van der Waals surface area (Å²) in [5.41, 5.74) is 9.32. The van der Waals surface area contributed by atoms with Crippen molar-refractivity contribution in [3.05, 3.63) is 52.4 Å². The predicted molar refractivity (Wildman–Crippen MR) is 60.3 cm³/mol. The van der Waals surface area contributed by atoms with Gasteiger partial charge in [0.15, 0.2) is 0 Å². The highest BCUT2D eigenvalue weighted by Gasteiger charge is 2.36. The summed E-state index contributed by atoms with van der Waals surface area (Å²) >= 11 is 0. The van der Waals surface area contributed by atoms with Crippen LogP contribution in [0.2, 0.25) is 0 Å². The van der Waals surface area contributed by atoms with Crippen molar-refractivity contribution in [1.29, 1.82) is 0 Å². The van der Waals surface area contributed by atoms with E-state index in [9.17, 15) is 4.79 Å². The highest BCUT2D eigenvalue weighted by atomic mass is 16.2. The van der Waals surface area contributed by atoms with E-state index in [1.807, 2.05) is 42.5 Å². The molecule has 5 nitrogen and oxygen atoms in total. The van der Waals surface area contributed by atoms with Crippen LogP contribution in [0, 0.1) is 0 Å². The van der Waals surface area contributed by atoms with E-state index in [2.05, 4.69) is 15.3 Å². The third-order valence-corrected chi connectivity index (χ3v) is 2.39. The number of azide groups is 1. The van der Waals surface area contributed by atoms with Crippen molar-refractivity contribution in [3.8, 4) is 0 Å². The van der Waals surface area contributed by atoms with Gasteiger partial charge in [0.2, 0.25) is 5.91 Å². The molecule has 0 spiro atoms. The second kappa shape index (κ2) is 4.51. The van der Waals surface area contributed by atoms with Crippen LogP contribution in [-0.4, -0.2) is 18.0 Å². The predicted octanol–water partition coefficient (Wildman–Crippen LogP) is 1.88. The lowest BCUT2D eigenvalue weighted by Crippen LogP contribution is -2.60. The van der Waals surface area contributed by atoms with Gasteiger partial charge in [-0.3, -0.25) is 4.79 Å². The first-order chi connectivity index (χ1) is 7.81. The first-order valence-corrected chi connectivity index (χ1v) is 4.89. The van der Waals surface area contributed by atoms with Crippen LogP contribution in [0.3, 0.4) is 0 Å². The molecule has 1 N–H and O–H groups in total. The first kappa shape index (κ1) is 10.3. The number of carbonyl (C=O) groups excluding carboxylic acids is 1. The first-order valence-electron chi connectivity index (χ1n) is 4.89. The fourth-order valence-electron chi connectivity index (χ4n) is 1.51. The van der Waals surface area contributed by atoms with Crippen molar-refractivity contribution in [1.82, 2.24) is 5.32 Å². The summed E-state index contributed by atoms with van der Waals surface area (Å²) in [7, 11) is 0. The van der Waals surface area contributed by atoms with Crippen molar-refractivity contribution in [3.63, 3.8) is 0 Å². The van der Waals surface area contributed by atoms with Crippen LogP contribution in [0.5, 0.6) is 0 Å². The molecule has 0 aliphatic carbocycles. The number of nitrogens with zero attached hydrogens (tertiary/aromatic N) is 3. The Morgan fingerprint density at radius 3 is 2.75 bits per heavy atom. The molecular weight excluding hydrogens is 204 g/mol.